The third kappa shape index (κ3) is 2.65. The normalized spacial score (nSPS) is 24.4. The second kappa shape index (κ2) is 6.23. The number of aromatic nitrogens is 1. The van der Waals surface area contributed by atoms with Crippen LogP contribution in [0.1, 0.15) is 41.7 Å². The van der Waals surface area contributed by atoms with E-state index >= 15 is 0 Å². The van der Waals surface area contributed by atoms with Crippen LogP contribution in [0.4, 0.5) is 4.39 Å². The smallest absolute Gasteiger partial charge is 0.268 e. The van der Waals surface area contributed by atoms with Crippen molar-refractivity contribution in [3.05, 3.63) is 58.9 Å². The maximum atomic E-state index is 14.2. The first-order chi connectivity index (χ1) is 12.7. The van der Waals surface area contributed by atoms with Crippen LogP contribution in [0.3, 0.4) is 0 Å². The number of carbonyl (C=O) groups is 1. The summed E-state index contributed by atoms with van der Waals surface area (Å²) in [5.74, 6) is 1.17. The van der Waals surface area contributed by atoms with Crippen LogP contribution in [0.5, 0.6) is 0 Å². The summed E-state index contributed by atoms with van der Waals surface area (Å²) in [5, 5.41) is 6.33. The molecule has 1 aromatic carbocycles. The Kier molecular flexibility index (Phi) is 3.85. The van der Waals surface area contributed by atoms with Gasteiger partial charge in [-0.2, -0.15) is 0 Å². The van der Waals surface area contributed by atoms with Gasteiger partial charge in [-0.3, -0.25) is 4.79 Å². The number of nitrogens with one attached hydrogen (secondary N) is 1. The molecule has 3 nitrogen and oxygen atoms in total. The number of hydrogen-bond acceptors (Lipinski definition) is 2. The second-order valence-electron chi connectivity index (χ2n) is 7.64. The molecule has 3 atom stereocenters. The second-order valence-corrected chi connectivity index (χ2v) is 8.54. The Morgan fingerprint density at radius 2 is 2.12 bits per heavy atom. The molecule has 0 unspecified atom stereocenters. The summed E-state index contributed by atoms with van der Waals surface area (Å²) in [7, 11) is 0. The summed E-state index contributed by atoms with van der Waals surface area (Å²) in [4.78, 5) is 14.0. The first kappa shape index (κ1) is 16.1. The highest BCUT2D eigenvalue weighted by Crippen LogP contribution is 2.44. The van der Waals surface area contributed by atoms with Crippen molar-refractivity contribution in [2.45, 2.75) is 38.3 Å². The van der Waals surface area contributed by atoms with Gasteiger partial charge in [0.1, 0.15) is 16.3 Å². The molecule has 2 fully saturated rings. The van der Waals surface area contributed by atoms with E-state index < -0.39 is 0 Å². The quantitative estimate of drug-likeness (QED) is 0.705. The van der Waals surface area contributed by atoms with Gasteiger partial charge >= 0.3 is 0 Å². The van der Waals surface area contributed by atoms with E-state index in [0.29, 0.717) is 29.8 Å². The van der Waals surface area contributed by atoms with Gasteiger partial charge in [-0.1, -0.05) is 24.6 Å². The number of benzene rings is 1. The van der Waals surface area contributed by atoms with Crippen molar-refractivity contribution in [3.8, 4) is 0 Å². The molecule has 0 spiro atoms. The van der Waals surface area contributed by atoms with E-state index in [1.807, 2.05) is 28.1 Å². The van der Waals surface area contributed by atoms with Gasteiger partial charge in [0.25, 0.3) is 5.91 Å². The average Bonchev–Trinajstić information content (AvgIpc) is 3.38. The Hall–Kier alpha value is -2.14. The van der Waals surface area contributed by atoms with Crippen molar-refractivity contribution in [2.24, 2.45) is 11.8 Å². The van der Waals surface area contributed by atoms with Crippen molar-refractivity contribution < 1.29 is 9.18 Å². The lowest BCUT2D eigenvalue weighted by molar-refractivity contribution is 0.0914. The van der Waals surface area contributed by atoms with Crippen LogP contribution in [0.2, 0.25) is 0 Å². The topological polar surface area (TPSA) is 34.0 Å². The number of hydrogen-bond donors (Lipinski definition) is 1. The van der Waals surface area contributed by atoms with Crippen molar-refractivity contribution in [1.29, 1.82) is 0 Å². The fraction of sp³-hybridized carbons (Fsp3) is 0.381. The van der Waals surface area contributed by atoms with Gasteiger partial charge in [0.2, 0.25) is 0 Å². The molecule has 0 saturated heterocycles. The molecule has 2 aromatic heterocycles. The number of fused-ring (bicyclic) bond motifs is 3. The van der Waals surface area contributed by atoms with E-state index in [-0.39, 0.29) is 11.7 Å². The van der Waals surface area contributed by atoms with Gasteiger partial charge < -0.3 is 9.88 Å². The zero-order valence-electron chi connectivity index (χ0n) is 14.5. The molecular weight excluding hydrogens is 347 g/mol. The van der Waals surface area contributed by atoms with E-state index in [4.69, 9.17) is 0 Å². The maximum Gasteiger partial charge on any atom is 0.268 e. The molecule has 134 valence electrons. The van der Waals surface area contributed by atoms with Gasteiger partial charge in [0, 0.05) is 17.0 Å². The van der Waals surface area contributed by atoms with E-state index in [9.17, 15) is 9.18 Å². The molecule has 0 radical (unpaired) electrons. The minimum absolute atomic E-state index is 0.0257. The highest BCUT2D eigenvalue weighted by Gasteiger charge is 2.40. The Labute approximate surface area is 155 Å². The van der Waals surface area contributed by atoms with E-state index in [1.54, 1.807) is 23.5 Å². The molecule has 1 N–H and O–H groups in total. The van der Waals surface area contributed by atoms with Crippen LogP contribution in [-0.4, -0.2) is 16.5 Å². The van der Waals surface area contributed by atoms with E-state index in [0.717, 1.165) is 22.6 Å². The molecule has 1 amide bonds. The fourth-order valence-corrected chi connectivity index (χ4v) is 5.68. The molecule has 2 heterocycles. The minimum atomic E-state index is -0.231. The third-order valence-electron chi connectivity index (χ3n) is 6.08. The standard InChI is InChI=1S/C21H21FN2OS/c22-17-4-2-1-3-16(17)12-24-19(11-15-7-8-26-21(15)24)20(25)23-18-10-13-5-6-14(18)9-13/h1-4,7-8,11,13-14,18H,5-6,9-10,12H2,(H,23,25)/t13-,14+,18-/m0/s1. The van der Waals surface area contributed by atoms with E-state index in [2.05, 4.69) is 5.32 Å². The lowest BCUT2D eigenvalue weighted by Crippen LogP contribution is -2.39. The SMILES string of the molecule is O=C(N[C@H]1C[C@H]2CC[C@@H]1C2)c1cc2ccsc2n1Cc1ccccc1F. The minimum Gasteiger partial charge on any atom is -0.348 e. The zero-order valence-corrected chi connectivity index (χ0v) is 15.3. The Morgan fingerprint density at radius 1 is 1.23 bits per heavy atom. The van der Waals surface area contributed by atoms with Gasteiger partial charge in [-0.25, -0.2) is 4.39 Å². The monoisotopic (exact) mass is 368 g/mol. The molecule has 2 aliphatic rings. The van der Waals surface area contributed by atoms with Gasteiger partial charge in [0.15, 0.2) is 0 Å². The molecule has 2 aliphatic carbocycles. The fourth-order valence-electron chi connectivity index (χ4n) is 4.78. The maximum absolute atomic E-state index is 14.2. The largest absolute Gasteiger partial charge is 0.348 e. The van der Waals surface area contributed by atoms with Crippen molar-refractivity contribution in [3.63, 3.8) is 0 Å². The Balaban J connectivity index is 1.46. The van der Waals surface area contributed by atoms with Crippen molar-refractivity contribution in [1.82, 2.24) is 9.88 Å². The van der Waals surface area contributed by atoms with Crippen molar-refractivity contribution >= 4 is 27.5 Å². The number of halogens is 1. The summed E-state index contributed by atoms with van der Waals surface area (Å²) in [5.41, 5.74) is 1.24. The molecular formula is C21H21FN2OS. The molecule has 5 heteroatoms. The Bertz CT molecular complexity index is 975. The lowest BCUT2D eigenvalue weighted by atomic mass is 9.95. The number of carbonyl (C=O) groups excluding carboxylic acids is 1. The summed E-state index contributed by atoms with van der Waals surface area (Å²) in [6, 6.07) is 11.0. The zero-order chi connectivity index (χ0) is 17.7. The number of amides is 1. The molecule has 3 aromatic rings. The molecule has 26 heavy (non-hydrogen) atoms. The average molecular weight is 368 g/mol. The Morgan fingerprint density at radius 3 is 2.88 bits per heavy atom. The lowest BCUT2D eigenvalue weighted by Gasteiger charge is -2.23. The first-order valence-corrected chi connectivity index (χ1v) is 10.2. The molecule has 2 saturated carbocycles. The summed E-state index contributed by atoms with van der Waals surface area (Å²) in [6.45, 7) is 0.371. The predicted molar refractivity (Wildman–Crippen MR) is 102 cm³/mol. The summed E-state index contributed by atoms with van der Waals surface area (Å²) in [6.07, 6.45) is 4.92. The van der Waals surface area contributed by atoms with E-state index in [1.165, 1.54) is 25.3 Å². The van der Waals surface area contributed by atoms with Crippen LogP contribution >= 0.6 is 11.3 Å². The van der Waals surface area contributed by atoms with Gasteiger partial charge in [-0.05, 0) is 54.7 Å². The number of nitrogens with zero attached hydrogens (tertiary/aromatic N) is 1. The predicted octanol–water partition coefficient (Wildman–Crippen LogP) is 4.81. The molecule has 0 aliphatic heterocycles. The summed E-state index contributed by atoms with van der Waals surface area (Å²) < 4.78 is 16.1. The van der Waals surface area contributed by atoms with Crippen LogP contribution in [0, 0.1) is 17.7 Å². The van der Waals surface area contributed by atoms with Crippen LogP contribution in [0.25, 0.3) is 10.2 Å². The molecule has 2 bridgehead atoms. The summed E-state index contributed by atoms with van der Waals surface area (Å²) >= 11 is 1.59. The third-order valence-corrected chi connectivity index (χ3v) is 7.03. The van der Waals surface area contributed by atoms with Crippen LogP contribution in [0.15, 0.2) is 41.8 Å². The molecule has 5 rings (SSSR count). The number of rotatable bonds is 4. The van der Waals surface area contributed by atoms with Crippen LogP contribution < -0.4 is 5.32 Å². The van der Waals surface area contributed by atoms with Crippen LogP contribution in [-0.2, 0) is 6.54 Å². The highest BCUT2D eigenvalue weighted by molar-refractivity contribution is 7.16. The number of thiophene rings is 1. The highest BCUT2D eigenvalue weighted by atomic mass is 32.1. The van der Waals surface area contributed by atoms with Gasteiger partial charge in [0.05, 0.1) is 6.54 Å². The first-order valence-electron chi connectivity index (χ1n) is 9.30. The van der Waals surface area contributed by atoms with Crippen molar-refractivity contribution in [2.75, 3.05) is 0 Å². The van der Waals surface area contributed by atoms with Gasteiger partial charge in [-0.15, -0.1) is 11.3 Å².